The molecule has 118 valence electrons. The molecule has 22 heavy (non-hydrogen) atoms. The van der Waals surface area contributed by atoms with Crippen molar-refractivity contribution in [2.75, 3.05) is 11.4 Å². The molecular weight excluding hydrogens is 296 g/mol. The highest BCUT2D eigenvalue weighted by Crippen LogP contribution is 2.43. The Labute approximate surface area is 136 Å². The molecule has 4 heteroatoms. The van der Waals surface area contributed by atoms with Crippen LogP contribution in [0.1, 0.15) is 37.7 Å². The summed E-state index contributed by atoms with van der Waals surface area (Å²) in [5.41, 5.74) is 8.51. The third-order valence-electron chi connectivity index (χ3n) is 6.00. The van der Waals surface area contributed by atoms with E-state index in [4.69, 9.17) is 17.3 Å². The Hall–Kier alpha value is -1.06. The minimum Gasteiger partial charge on any atom is -0.327 e. The van der Waals surface area contributed by atoms with Crippen LogP contribution in [0.2, 0.25) is 5.02 Å². The summed E-state index contributed by atoms with van der Waals surface area (Å²) in [7, 11) is 0. The van der Waals surface area contributed by atoms with E-state index in [0.29, 0.717) is 23.8 Å². The lowest BCUT2D eigenvalue weighted by atomic mass is 9.65. The zero-order valence-corrected chi connectivity index (χ0v) is 13.6. The van der Waals surface area contributed by atoms with E-state index in [-0.39, 0.29) is 5.92 Å². The Morgan fingerprint density at radius 1 is 1.23 bits per heavy atom. The average molecular weight is 319 g/mol. The molecule has 0 aromatic heterocycles. The lowest BCUT2D eigenvalue weighted by molar-refractivity contribution is -0.125. The number of anilines is 1. The summed E-state index contributed by atoms with van der Waals surface area (Å²) in [5.74, 6) is 1.54. The summed E-state index contributed by atoms with van der Waals surface area (Å²) in [6, 6.07) is 6.20. The molecule has 3 nitrogen and oxygen atoms in total. The number of benzene rings is 1. The molecule has 2 aliphatic carbocycles. The van der Waals surface area contributed by atoms with Gasteiger partial charge >= 0.3 is 0 Å². The van der Waals surface area contributed by atoms with Crippen molar-refractivity contribution in [3.8, 4) is 0 Å². The molecule has 2 atom stereocenters. The second-order valence-electron chi connectivity index (χ2n) is 7.17. The van der Waals surface area contributed by atoms with Crippen LogP contribution in [0.3, 0.4) is 0 Å². The van der Waals surface area contributed by atoms with Crippen molar-refractivity contribution in [2.45, 2.75) is 44.6 Å². The molecular formula is C18H23ClN2O. The maximum atomic E-state index is 13.1. The maximum Gasteiger partial charge on any atom is 0.230 e. The quantitative estimate of drug-likeness (QED) is 0.862. The van der Waals surface area contributed by atoms with Gasteiger partial charge in [-0.2, -0.15) is 0 Å². The van der Waals surface area contributed by atoms with Crippen LogP contribution >= 0.6 is 11.6 Å². The zero-order chi connectivity index (χ0) is 15.3. The fourth-order valence-electron chi connectivity index (χ4n) is 4.83. The molecule has 1 aliphatic heterocycles. The van der Waals surface area contributed by atoms with Gasteiger partial charge in [0.05, 0.1) is 0 Å². The van der Waals surface area contributed by atoms with Gasteiger partial charge in [-0.25, -0.2) is 0 Å². The molecule has 2 fully saturated rings. The van der Waals surface area contributed by atoms with Gasteiger partial charge in [0.25, 0.3) is 0 Å². The van der Waals surface area contributed by atoms with Gasteiger partial charge in [-0.1, -0.05) is 24.1 Å². The molecule has 0 saturated heterocycles. The molecule has 2 saturated carbocycles. The van der Waals surface area contributed by atoms with Crippen molar-refractivity contribution in [3.05, 3.63) is 28.8 Å². The first kappa shape index (κ1) is 14.5. The van der Waals surface area contributed by atoms with Gasteiger partial charge < -0.3 is 10.6 Å². The van der Waals surface area contributed by atoms with Crippen molar-refractivity contribution in [2.24, 2.45) is 23.5 Å². The van der Waals surface area contributed by atoms with E-state index in [0.717, 1.165) is 42.1 Å². The molecule has 4 rings (SSSR count). The van der Waals surface area contributed by atoms with Gasteiger partial charge in [-0.15, -0.1) is 0 Å². The second-order valence-corrected chi connectivity index (χ2v) is 7.58. The predicted octanol–water partition coefficient (Wildman–Crippen LogP) is 3.38. The summed E-state index contributed by atoms with van der Waals surface area (Å²) < 4.78 is 0. The van der Waals surface area contributed by atoms with Gasteiger partial charge in [-0.3, -0.25) is 4.79 Å². The molecule has 2 bridgehead atoms. The fourth-order valence-corrected chi connectivity index (χ4v) is 5.10. The lowest BCUT2D eigenvalue weighted by Crippen LogP contribution is -2.49. The first-order chi connectivity index (χ1) is 10.6. The number of amides is 1. The molecule has 1 amide bonds. The van der Waals surface area contributed by atoms with Crippen molar-refractivity contribution in [3.63, 3.8) is 0 Å². The molecule has 3 aliphatic rings. The highest BCUT2D eigenvalue weighted by molar-refractivity contribution is 6.32. The third-order valence-corrected chi connectivity index (χ3v) is 6.35. The van der Waals surface area contributed by atoms with Gasteiger partial charge in [0.15, 0.2) is 0 Å². The normalized spacial score (nSPS) is 33.6. The van der Waals surface area contributed by atoms with Crippen LogP contribution in [0, 0.1) is 17.8 Å². The fraction of sp³-hybridized carbons (Fsp3) is 0.611. The molecule has 0 radical (unpaired) electrons. The third kappa shape index (κ3) is 2.26. The van der Waals surface area contributed by atoms with Crippen molar-refractivity contribution in [1.82, 2.24) is 0 Å². The number of carbonyl (C=O) groups excluding carboxylic acids is 1. The predicted molar refractivity (Wildman–Crippen MR) is 89.0 cm³/mol. The van der Waals surface area contributed by atoms with E-state index in [9.17, 15) is 4.79 Å². The molecule has 0 spiro atoms. The van der Waals surface area contributed by atoms with E-state index < -0.39 is 0 Å². The van der Waals surface area contributed by atoms with Crippen LogP contribution < -0.4 is 10.6 Å². The van der Waals surface area contributed by atoms with E-state index in [1.54, 1.807) is 0 Å². The molecule has 1 aromatic rings. The topological polar surface area (TPSA) is 46.3 Å². The average Bonchev–Trinajstić information content (AvgIpc) is 2.91. The molecule has 2 N–H and O–H groups in total. The van der Waals surface area contributed by atoms with Crippen molar-refractivity contribution >= 4 is 23.2 Å². The van der Waals surface area contributed by atoms with Crippen molar-refractivity contribution in [1.29, 1.82) is 0 Å². The minimum absolute atomic E-state index is 0.153. The Kier molecular flexibility index (Phi) is 3.66. The summed E-state index contributed by atoms with van der Waals surface area (Å²) in [4.78, 5) is 15.0. The van der Waals surface area contributed by atoms with E-state index in [2.05, 4.69) is 0 Å². The zero-order valence-electron chi connectivity index (χ0n) is 12.8. The SMILES string of the molecule is NC1C2CCCC1CC(C(=O)N1CCc3c(Cl)cccc31)C2. The van der Waals surface area contributed by atoms with Crippen LogP contribution in [0.15, 0.2) is 18.2 Å². The number of carbonyl (C=O) groups is 1. The van der Waals surface area contributed by atoms with Gasteiger partial charge in [0.2, 0.25) is 5.91 Å². The summed E-state index contributed by atoms with van der Waals surface area (Å²) in [6.45, 7) is 0.774. The minimum atomic E-state index is 0.153. The monoisotopic (exact) mass is 318 g/mol. The first-order valence-corrected chi connectivity index (χ1v) is 8.87. The largest absolute Gasteiger partial charge is 0.327 e. The Morgan fingerprint density at radius 3 is 2.68 bits per heavy atom. The van der Waals surface area contributed by atoms with Gasteiger partial charge in [0, 0.05) is 29.2 Å². The summed E-state index contributed by atoms with van der Waals surface area (Å²) >= 11 is 6.27. The number of rotatable bonds is 1. The Balaban J connectivity index is 1.56. The Morgan fingerprint density at radius 2 is 1.95 bits per heavy atom. The number of nitrogens with two attached hydrogens (primary N) is 1. The van der Waals surface area contributed by atoms with Crippen LogP contribution in [-0.4, -0.2) is 18.5 Å². The number of halogens is 1. The van der Waals surface area contributed by atoms with E-state index in [1.165, 1.54) is 19.3 Å². The van der Waals surface area contributed by atoms with Crippen LogP contribution in [0.4, 0.5) is 5.69 Å². The van der Waals surface area contributed by atoms with Gasteiger partial charge in [-0.05, 0) is 61.6 Å². The lowest BCUT2D eigenvalue weighted by Gasteiger charge is -2.44. The highest BCUT2D eigenvalue weighted by Gasteiger charge is 2.42. The second kappa shape index (κ2) is 5.54. The van der Waals surface area contributed by atoms with Crippen LogP contribution in [0.25, 0.3) is 0 Å². The number of nitrogens with zero attached hydrogens (tertiary/aromatic N) is 1. The summed E-state index contributed by atoms with van der Waals surface area (Å²) in [6.07, 6.45) is 6.51. The van der Waals surface area contributed by atoms with Crippen molar-refractivity contribution < 1.29 is 4.79 Å². The maximum absolute atomic E-state index is 13.1. The van der Waals surface area contributed by atoms with Crippen LogP contribution in [-0.2, 0) is 11.2 Å². The van der Waals surface area contributed by atoms with Gasteiger partial charge in [0.1, 0.15) is 0 Å². The molecule has 2 unspecified atom stereocenters. The Bertz CT molecular complexity index is 589. The number of hydrogen-bond acceptors (Lipinski definition) is 2. The van der Waals surface area contributed by atoms with E-state index >= 15 is 0 Å². The molecule has 1 heterocycles. The number of fused-ring (bicyclic) bond motifs is 3. The standard InChI is InChI=1S/C18H23ClN2O/c19-15-5-2-6-16-14(15)7-8-21(16)18(22)13-9-11-3-1-4-12(10-13)17(11)20/h2,5-6,11-13,17H,1,3-4,7-10,20H2. The molecule has 1 aromatic carbocycles. The van der Waals surface area contributed by atoms with Crippen LogP contribution in [0.5, 0.6) is 0 Å². The smallest absolute Gasteiger partial charge is 0.230 e. The summed E-state index contributed by atoms with van der Waals surface area (Å²) in [5, 5.41) is 0.787. The van der Waals surface area contributed by atoms with E-state index in [1.807, 2.05) is 23.1 Å². The first-order valence-electron chi connectivity index (χ1n) is 8.49. The number of hydrogen-bond donors (Lipinski definition) is 1. The highest BCUT2D eigenvalue weighted by atomic mass is 35.5.